The Balaban J connectivity index is 1.99. The lowest BCUT2D eigenvalue weighted by atomic mass is 10.1. The highest BCUT2D eigenvalue weighted by Crippen LogP contribution is 2.29. The molecule has 1 aromatic carbocycles. The van der Waals surface area contributed by atoms with Gasteiger partial charge in [-0.05, 0) is 17.7 Å². The Morgan fingerprint density at radius 3 is 2.94 bits per heavy atom. The number of aliphatic hydroxyl groups is 1. The highest BCUT2D eigenvalue weighted by molar-refractivity contribution is 9.10. The zero-order valence-electron chi connectivity index (χ0n) is 9.23. The van der Waals surface area contributed by atoms with Crippen molar-refractivity contribution in [1.29, 1.82) is 0 Å². The molecule has 1 aliphatic heterocycles. The first kappa shape index (κ1) is 13.7. The van der Waals surface area contributed by atoms with Gasteiger partial charge in [0.1, 0.15) is 5.82 Å². The Morgan fingerprint density at radius 1 is 1.47 bits per heavy atom. The van der Waals surface area contributed by atoms with Gasteiger partial charge in [-0.25, -0.2) is 4.39 Å². The van der Waals surface area contributed by atoms with Gasteiger partial charge in [-0.2, -0.15) is 23.5 Å². The van der Waals surface area contributed by atoms with Crippen molar-refractivity contribution in [3.05, 3.63) is 34.1 Å². The molecule has 0 radical (unpaired) electrons. The Bertz CT molecular complexity index is 383. The summed E-state index contributed by atoms with van der Waals surface area (Å²) in [5.41, 5.74) is 0.968. The number of hydrogen-bond donors (Lipinski definition) is 1. The fourth-order valence-corrected chi connectivity index (χ4v) is 5.06. The van der Waals surface area contributed by atoms with Crippen LogP contribution in [-0.2, 0) is 6.42 Å². The number of rotatable bonds is 3. The molecule has 1 N–H and O–H groups in total. The third-order valence-electron chi connectivity index (χ3n) is 2.72. The Morgan fingerprint density at radius 2 is 2.29 bits per heavy atom. The molecule has 1 nitrogen and oxygen atoms in total. The molecule has 1 fully saturated rings. The summed E-state index contributed by atoms with van der Waals surface area (Å²) in [4.78, 5) is 0. The van der Waals surface area contributed by atoms with E-state index in [1.54, 1.807) is 6.07 Å². The maximum atomic E-state index is 12.9. The first-order valence-electron chi connectivity index (χ1n) is 5.48. The lowest BCUT2D eigenvalue weighted by molar-refractivity contribution is 0.177. The molecule has 1 heterocycles. The first-order valence-corrected chi connectivity index (χ1v) is 8.48. The van der Waals surface area contributed by atoms with Crippen LogP contribution in [0, 0.1) is 5.82 Å². The minimum atomic E-state index is -0.352. The monoisotopic (exact) mass is 336 g/mol. The molecule has 5 heteroatoms. The van der Waals surface area contributed by atoms with Crippen molar-refractivity contribution in [2.24, 2.45) is 0 Å². The minimum absolute atomic E-state index is 0.252. The second kappa shape index (κ2) is 6.45. The summed E-state index contributed by atoms with van der Waals surface area (Å²) in [6.07, 6.45) is 0.230. The van der Waals surface area contributed by atoms with Crippen LogP contribution in [-0.4, -0.2) is 33.7 Å². The molecule has 1 saturated heterocycles. The Labute approximate surface area is 118 Å². The van der Waals surface area contributed by atoms with E-state index in [9.17, 15) is 9.50 Å². The standard InChI is InChI=1S/C12H14BrFOS2/c13-10-6-9(14)2-1-8(10)5-11(15)12-7-16-3-4-17-12/h1-2,6,11-12,15H,3-5,7H2. The Hall–Kier alpha value is 0.290. The van der Waals surface area contributed by atoms with Gasteiger partial charge in [-0.15, -0.1) is 0 Å². The summed E-state index contributed by atoms with van der Waals surface area (Å²) in [6.45, 7) is 0. The van der Waals surface area contributed by atoms with Crippen molar-refractivity contribution < 1.29 is 9.50 Å². The number of thioether (sulfide) groups is 2. The van der Waals surface area contributed by atoms with Crippen LogP contribution in [0.5, 0.6) is 0 Å². The molecule has 2 atom stereocenters. The van der Waals surface area contributed by atoms with Gasteiger partial charge in [-0.3, -0.25) is 0 Å². The van der Waals surface area contributed by atoms with Crippen molar-refractivity contribution in [2.75, 3.05) is 17.3 Å². The number of halogens is 2. The molecule has 0 saturated carbocycles. The predicted molar refractivity (Wildman–Crippen MR) is 77.4 cm³/mol. The van der Waals surface area contributed by atoms with E-state index >= 15 is 0 Å². The van der Waals surface area contributed by atoms with E-state index in [2.05, 4.69) is 15.9 Å². The quantitative estimate of drug-likeness (QED) is 0.914. The van der Waals surface area contributed by atoms with Crippen LogP contribution in [0.4, 0.5) is 4.39 Å². The van der Waals surface area contributed by atoms with Crippen molar-refractivity contribution in [3.8, 4) is 0 Å². The molecular weight excluding hydrogens is 323 g/mol. The summed E-state index contributed by atoms with van der Waals surface area (Å²) in [5.74, 6) is 3.04. The molecule has 0 bridgehead atoms. The molecule has 2 unspecified atom stereocenters. The number of aliphatic hydroxyl groups excluding tert-OH is 1. The minimum Gasteiger partial charge on any atom is -0.392 e. The topological polar surface area (TPSA) is 20.2 Å². The van der Waals surface area contributed by atoms with Crippen molar-refractivity contribution in [1.82, 2.24) is 0 Å². The average Bonchev–Trinajstić information content (AvgIpc) is 2.34. The molecular formula is C12H14BrFOS2. The summed E-state index contributed by atoms with van der Waals surface area (Å²) < 4.78 is 13.7. The van der Waals surface area contributed by atoms with Gasteiger partial charge in [0.15, 0.2) is 0 Å². The lowest BCUT2D eigenvalue weighted by Gasteiger charge is -2.26. The molecule has 94 valence electrons. The molecule has 0 amide bonds. The Kier molecular flexibility index (Phi) is 5.21. The van der Waals surface area contributed by atoms with Gasteiger partial charge < -0.3 is 5.11 Å². The maximum absolute atomic E-state index is 12.9. The van der Waals surface area contributed by atoms with E-state index in [4.69, 9.17) is 0 Å². The summed E-state index contributed by atoms with van der Waals surface area (Å²) in [5, 5.41) is 10.5. The van der Waals surface area contributed by atoms with Gasteiger partial charge in [0, 0.05) is 33.4 Å². The van der Waals surface area contributed by atoms with Crippen LogP contribution < -0.4 is 0 Å². The second-order valence-electron chi connectivity index (χ2n) is 3.99. The van der Waals surface area contributed by atoms with E-state index in [0.717, 1.165) is 21.5 Å². The van der Waals surface area contributed by atoms with Crippen LogP contribution >= 0.6 is 39.5 Å². The highest BCUT2D eigenvalue weighted by Gasteiger charge is 2.23. The highest BCUT2D eigenvalue weighted by atomic mass is 79.9. The molecule has 17 heavy (non-hydrogen) atoms. The summed E-state index contributed by atoms with van der Waals surface area (Å²) in [7, 11) is 0. The van der Waals surface area contributed by atoms with Crippen LogP contribution in [0.25, 0.3) is 0 Å². The van der Waals surface area contributed by atoms with Crippen LogP contribution in [0.2, 0.25) is 0 Å². The first-order chi connectivity index (χ1) is 8.16. The fraction of sp³-hybridized carbons (Fsp3) is 0.500. The molecule has 1 aliphatic rings. The predicted octanol–water partition coefficient (Wildman–Crippen LogP) is 3.34. The number of hydrogen-bond acceptors (Lipinski definition) is 3. The molecule has 0 spiro atoms. The summed E-state index contributed by atoms with van der Waals surface area (Å²) in [6, 6.07) is 4.63. The third kappa shape index (κ3) is 3.88. The smallest absolute Gasteiger partial charge is 0.124 e. The lowest BCUT2D eigenvalue weighted by Crippen LogP contribution is -2.30. The van der Waals surface area contributed by atoms with Crippen molar-refractivity contribution >= 4 is 39.5 Å². The normalized spacial score (nSPS) is 22.4. The number of benzene rings is 1. The third-order valence-corrected chi connectivity index (χ3v) is 6.36. The molecule has 2 rings (SSSR count). The SMILES string of the molecule is OC(Cc1ccc(F)cc1Br)C1CSCCS1. The van der Waals surface area contributed by atoms with E-state index in [1.165, 1.54) is 17.9 Å². The van der Waals surface area contributed by atoms with Gasteiger partial charge in [0.05, 0.1) is 6.10 Å². The second-order valence-corrected chi connectivity index (χ2v) is 7.34. The fourth-order valence-electron chi connectivity index (χ4n) is 1.77. The molecule has 0 aromatic heterocycles. The van der Waals surface area contributed by atoms with Gasteiger partial charge in [-0.1, -0.05) is 22.0 Å². The molecule has 0 aliphatic carbocycles. The van der Waals surface area contributed by atoms with Crippen molar-refractivity contribution in [3.63, 3.8) is 0 Å². The van der Waals surface area contributed by atoms with E-state index in [0.29, 0.717) is 11.7 Å². The van der Waals surface area contributed by atoms with Gasteiger partial charge in [0.25, 0.3) is 0 Å². The maximum Gasteiger partial charge on any atom is 0.124 e. The zero-order chi connectivity index (χ0) is 12.3. The largest absolute Gasteiger partial charge is 0.392 e. The van der Waals surface area contributed by atoms with Crippen LogP contribution in [0.3, 0.4) is 0 Å². The van der Waals surface area contributed by atoms with E-state index in [1.807, 2.05) is 23.5 Å². The van der Waals surface area contributed by atoms with Crippen LogP contribution in [0.15, 0.2) is 22.7 Å². The van der Waals surface area contributed by atoms with Gasteiger partial charge >= 0.3 is 0 Å². The molecule has 1 aromatic rings. The summed E-state index contributed by atoms with van der Waals surface area (Å²) >= 11 is 7.07. The van der Waals surface area contributed by atoms with Crippen LogP contribution in [0.1, 0.15) is 5.56 Å². The van der Waals surface area contributed by atoms with E-state index in [-0.39, 0.29) is 11.9 Å². The van der Waals surface area contributed by atoms with Crippen molar-refractivity contribution in [2.45, 2.75) is 17.8 Å². The van der Waals surface area contributed by atoms with Gasteiger partial charge in [0.2, 0.25) is 0 Å². The van der Waals surface area contributed by atoms with E-state index < -0.39 is 0 Å². The average molecular weight is 337 g/mol. The zero-order valence-corrected chi connectivity index (χ0v) is 12.5.